The van der Waals surface area contributed by atoms with E-state index in [1.54, 1.807) is 36.4 Å². The van der Waals surface area contributed by atoms with Crippen molar-refractivity contribution < 1.29 is 33.3 Å². The number of methoxy groups -OCH3 is 2. The van der Waals surface area contributed by atoms with E-state index < -0.39 is 17.9 Å². The molecule has 0 bridgehead atoms. The molecule has 3 heterocycles. The summed E-state index contributed by atoms with van der Waals surface area (Å²) >= 11 is 0. The third kappa shape index (κ3) is 5.28. The zero-order chi connectivity index (χ0) is 29.1. The van der Waals surface area contributed by atoms with Gasteiger partial charge in [0, 0.05) is 30.5 Å². The van der Waals surface area contributed by atoms with Crippen molar-refractivity contribution in [1.29, 1.82) is 0 Å². The monoisotopic (exact) mass is 573 g/mol. The number of nitrogens with one attached hydrogen (secondary N) is 1. The quantitative estimate of drug-likeness (QED) is 0.304. The molecule has 42 heavy (non-hydrogen) atoms. The number of carbonyl (C=O) groups excluding carboxylic acids is 2. The van der Waals surface area contributed by atoms with Crippen LogP contribution in [-0.2, 0) is 20.9 Å². The van der Waals surface area contributed by atoms with Crippen LogP contribution in [0.15, 0.2) is 60.7 Å². The van der Waals surface area contributed by atoms with E-state index in [1.807, 2.05) is 24.3 Å². The van der Waals surface area contributed by atoms with Gasteiger partial charge in [0.2, 0.25) is 18.6 Å². The van der Waals surface area contributed by atoms with Crippen LogP contribution in [0, 0.1) is 0 Å². The first kappa shape index (κ1) is 27.3. The summed E-state index contributed by atoms with van der Waals surface area (Å²) in [7, 11) is 3.02. The molecule has 0 spiro atoms. The average Bonchev–Trinajstić information content (AvgIpc) is 3.79. The number of carbonyl (C=O) groups is 2. The van der Waals surface area contributed by atoms with Crippen molar-refractivity contribution in [2.45, 2.75) is 31.5 Å². The lowest BCUT2D eigenvalue weighted by Gasteiger charge is -2.33. The summed E-state index contributed by atoms with van der Waals surface area (Å²) in [5.74, 6) is 0.951. The van der Waals surface area contributed by atoms with Crippen LogP contribution in [0.4, 0.5) is 5.69 Å². The Labute approximate surface area is 242 Å². The van der Waals surface area contributed by atoms with Crippen LogP contribution in [0.3, 0.4) is 0 Å². The van der Waals surface area contributed by atoms with Crippen molar-refractivity contribution in [3.05, 3.63) is 66.2 Å². The van der Waals surface area contributed by atoms with Gasteiger partial charge in [0.25, 0.3) is 0 Å². The van der Waals surface area contributed by atoms with E-state index in [9.17, 15) is 9.59 Å². The fourth-order valence-electron chi connectivity index (χ4n) is 5.35. The highest BCUT2D eigenvalue weighted by atomic mass is 16.7. The standard InChI is InChI=1S/C30H31N5O7/c1-38-25-11-5-8-21(29(25)39-2)28(30(37)31-16-20-7-6-14-40-20)35(19-12-13-24-26(15-19)42-18-41-24)27(36)17-34-23-10-4-3-9-22(23)32-33-34/h3-5,8-13,15,20,28H,6-7,14,16-18H2,1-2H3,(H,31,37)/t20-,28+/m0/s1. The van der Waals surface area contributed by atoms with E-state index in [1.165, 1.54) is 23.8 Å². The SMILES string of the molecule is COc1cccc([C@H](C(=O)NC[C@@H]2CCCO2)N(C(=O)Cn2nnc3ccccc32)c2ccc3c(c2)OCO3)c1OC. The second-order valence-corrected chi connectivity index (χ2v) is 9.90. The molecule has 0 saturated carbocycles. The highest BCUT2D eigenvalue weighted by Crippen LogP contribution is 2.42. The van der Waals surface area contributed by atoms with Gasteiger partial charge in [-0.2, -0.15) is 0 Å². The van der Waals surface area contributed by atoms with Crippen LogP contribution >= 0.6 is 0 Å². The molecule has 2 aliphatic heterocycles. The van der Waals surface area contributed by atoms with Gasteiger partial charge in [-0.05, 0) is 43.2 Å². The first-order valence-corrected chi connectivity index (χ1v) is 13.7. The molecule has 6 rings (SSSR count). The fourth-order valence-corrected chi connectivity index (χ4v) is 5.35. The molecule has 1 aromatic heterocycles. The number of amides is 2. The summed E-state index contributed by atoms with van der Waals surface area (Å²) in [6.45, 7) is 0.837. The number of para-hydroxylation sites is 2. The predicted octanol–water partition coefficient (Wildman–Crippen LogP) is 3.25. The Morgan fingerprint density at radius 3 is 2.74 bits per heavy atom. The third-order valence-corrected chi connectivity index (χ3v) is 7.37. The van der Waals surface area contributed by atoms with Gasteiger partial charge in [-0.15, -0.1) is 5.10 Å². The maximum atomic E-state index is 14.4. The lowest BCUT2D eigenvalue weighted by molar-refractivity contribution is -0.127. The van der Waals surface area contributed by atoms with E-state index in [-0.39, 0.29) is 19.4 Å². The molecule has 3 aromatic carbocycles. The summed E-state index contributed by atoms with van der Waals surface area (Å²) < 4.78 is 29.7. The summed E-state index contributed by atoms with van der Waals surface area (Å²) in [4.78, 5) is 30.0. The number of nitrogens with zero attached hydrogens (tertiary/aromatic N) is 4. The highest BCUT2D eigenvalue weighted by molar-refractivity contribution is 6.02. The van der Waals surface area contributed by atoms with E-state index in [4.69, 9.17) is 23.7 Å². The molecule has 2 aliphatic rings. The summed E-state index contributed by atoms with van der Waals surface area (Å²) in [6, 6.07) is 16.6. The number of fused-ring (bicyclic) bond motifs is 2. The molecular weight excluding hydrogens is 542 g/mol. The first-order valence-electron chi connectivity index (χ1n) is 13.7. The van der Waals surface area contributed by atoms with Crippen LogP contribution in [0.2, 0.25) is 0 Å². The molecule has 0 unspecified atom stereocenters. The number of anilines is 1. The normalized spacial score (nSPS) is 16.3. The van der Waals surface area contributed by atoms with E-state index in [2.05, 4.69) is 15.6 Å². The van der Waals surface area contributed by atoms with Crippen molar-refractivity contribution in [3.8, 4) is 23.0 Å². The maximum absolute atomic E-state index is 14.4. The molecule has 0 aliphatic carbocycles. The third-order valence-electron chi connectivity index (χ3n) is 7.37. The van der Waals surface area contributed by atoms with Crippen LogP contribution in [0.25, 0.3) is 11.0 Å². The highest BCUT2D eigenvalue weighted by Gasteiger charge is 2.37. The Bertz CT molecular complexity index is 1600. The van der Waals surface area contributed by atoms with E-state index in [0.717, 1.165) is 12.8 Å². The molecule has 4 aromatic rings. The minimum Gasteiger partial charge on any atom is -0.493 e. The second-order valence-electron chi connectivity index (χ2n) is 9.90. The lowest BCUT2D eigenvalue weighted by Crippen LogP contribution is -2.46. The van der Waals surface area contributed by atoms with Gasteiger partial charge in [-0.1, -0.05) is 29.5 Å². The van der Waals surface area contributed by atoms with Gasteiger partial charge in [0.05, 0.1) is 25.8 Å². The average molecular weight is 574 g/mol. The van der Waals surface area contributed by atoms with E-state index in [0.29, 0.717) is 58.4 Å². The Balaban J connectivity index is 1.46. The predicted molar refractivity (Wildman–Crippen MR) is 152 cm³/mol. The first-order chi connectivity index (χ1) is 20.6. The van der Waals surface area contributed by atoms with Crippen molar-refractivity contribution in [2.75, 3.05) is 39.1 Å². The number of aromatic nitrogens is 3. The Kier molecular flexibility index (Phi) is 7.78. The smallest absolute Gasteiger partial charge is 0.249 e. The molecule has 12 heteroatoms. The van der Waals surface area contributed by atoms with Gasteiger partial charge in [-0.3, -0.25) is 14.5 Å². The van der Waals surface area contributed by atoms with Gasteiger partial charge in [-0.25, -0.2) is 4.68 Å². The molecular formula is C30H31N5O7. The zero-order valence-electron chi connectivity index (χ0n) is 23.3. The van der Waals surface area contributed by atoms with Crippen LogP contribution in [0.5, 0.6) is 23.0 Å². The van der Waals surface area contributed by atoms with Crippen molar-refractivity contribution in [2.24, 2.45) is 0 Å². The van der Waals surface area contributed by atoms with Crippen molar-refractivity contribution in [1.82, 2.24) is 20.3 Å². The molecule has 218 valence electrons. The van der Waals surface area contributed by atoms with Gasteiger partial charge in [0.1, 0.15) is 18.1 Å². The summed E-state index contributed by atoms with van der Waals surface area (Å²) in [5, 5.41) is 11.4. The maximum Gasteiger partial charge on any atom is 0.249 e. The lowest BCUT2D eigenvalue weighted by atomic mass is 10.0. The molecule has 12 nitrogen and oxygen atoms in total. The van der Waals surface area contributed by atoms with Crippen molar-refractivity contribution in [3.63, 3.8) is 0 Å². The number of hydrogen-bond acceptors (Lipinski definition) is 9. The Morgan fingerprint density at radius 1 is 1.07 bits per heavy atom. The van der Waals surface area contributed by atoms with Gasteiger partial charge >= 0.3 is 0 Å². The minimum atomic E-state index is -1.15. The number of benzene rings is 3. The molecule has 0 radical (unpaired) electrons. The minimum absolute atomic E-state index is 0.0622. The van der Waals surface area contributed by atoms with Gasteiger partial charge in [0.15, 0.2) is 23.0 Å². The Morgan fingerprint density at radius 2 is 1.93 bits per heavy atom. The second kappa shape index (κ2) is 12.0. The molecule has 1 N–H and O–H groups in total. The molecule has 1 saturated heterocycles. The summed E-state index contributed by atoms with van der Waals surface area (Å²) in [5.41, 5.74) is 2.21. The summed E-state index contributed by atoms with van der Waals surface area (Å²) in [6.07, 6.45) is 1.68. The largest absolute Gasteiger partial charge is 0.493 e. The topological polar surface area (TPSA) is 126 Å². The molecule has 1 fully saturated rings. The molecule has 2 amide bonds. The zero-order valence-corrected chi connectivity index (χ0v) is 23.3. The number of hydrogen-bond donors (Lipinski definition) is 1. The number of rotatable bonds is 10. The molecule has 2 atom stereocenters. The fraction of sp³-hybridized carbons (Fsp3) is 0.333. The van der Waals surface area contributed by atoms with Crippen LogP contribution in [0.1, 0.15) is 24.4 Å². The number of ether oxygens (including phenoxy) is 5. The van der Waals surface area contributed by atoms with E-state index >= 15 is 0 Å². The van der Waals surface area contributed by atoms with Crippen LogP contribution < -0.4 is 29.2 Å². The van der Waals surface area contributed by atoms with Crippen molar-refractivity contribution >= 4 is 28.5 Å². The van der Waals surface area contributed by atoms with Crippen LogP contribution in [-0.4, -0.2) is 67.1 Å². The van der Waals surface area contributed by atoms with Gasteiger partial charge < -0.3 is 29.0 Å². The Hall–Kier alpha value is -4.84.